The number of carbonyl (C=O) groups is 2. The quantitative estimate of drug-likeness (QED) is 0.630. The summed E-state index contributed by atoms with van der Waals surface area (Å²) in [6.45, 7) is 7.02. The highest BCUT2D eigenvalue weighted by molar-refractivity contribution is 6.20. The number of hydroxylamine groups is 2. The van der Waals surface area contributed by atoms with Gasteiger partial charge in [0, 0.05) is 31.5 Å². The lowest BCUT2D eigenvalue weighted by molar-refractivity contribution is -0.196. The lowest BCUT2D eigenvalue weighted by Crippen LogP contribution is -2.39. The Morgan fingerprint density at radius 3 is 2.52 bits per heavy atom. The Hall–Kier alpha value is -1.95. The van der Waals surface area contributed by atoms with Gasteiger partial charge in [-0.05, 0) is 23.6 Å². The minimum Gasteiger partial charge on any atom is -0.490 e. The highest BCUT2D eigenvalue weighted by Crippen LogP contribution is 2.33. The summed E-state index contributed by atoms with van der Waals surface area (Å²) in [4.78, 5) is 26.1. The van der Waals surface area contributed by atoms with Crippen LogP contribution in [-0.4, -0.2) is 36.5 Å². The molecule has 0 saturated carbocycles. The van der Waals surface area contributed by atoms with Crippen molar-refractivity contribution in [2.24, 2.45) is 0 Å². The maximum Gasteiger partial charge on any atom is 0.390 e. The van der Waals surface area contributed by atoms with E-state index in [4.69, 9.17) is 9.57 Å². The summed E-state index contributed by atoms with van der Waals surface area (Å²) < 4.78 is 19.6. The smallest absolute Gasteiger partial charge is 0.390 e. The molecule has 1 aromatic rings. The second kappa shape index (κ2) is 7.08. The summed E-state index contributed by atoms with van der Waals surface area (Å²) >= 11 is 0. The van der Waals surface area contributed by atoms with Gasteiger partial charge in [-0.1, -0.05) is 20.8 Å². The van der Waals surface area contributed by atoms with Crippen molar-refractivity contribution in [1.29, 1.82) is 0 Å². The topological polar surface area (TPSA) is 55.8 Å². The zero-order valence-corrected chi connectivity index (χ0v) is 13.7. The number of piperidine rings is 1. The number of hydrogen-bond acceptors (Lipinski definition) is 5. The van der Waals surface area contributed by atoms with Crippen molar-refractivity contribution < 1.29 is 23.6 Å². The van der Waals surface area contributed by atoms with Gasteiger partial charge in [0.2, 0.25) is 6.29 Å². The van der Waals surface area contributed by atoms with Crippen LogP contribution in [0.2, 0.25) is 0 Å². The molecule has 0 radical (unpaired) electrons. The van der Waals surface area contributed by atoms with E-state index in [0.717, 1.165) is 5.56 Å². The minimum atomic E-state index is -0.891. The van der Waals surface area contributed by atoms with Crippen LogP contribution in [0.1, 0.15) is 39.2 Å². The molecule has 23 heavy (non-hydrogen) atoms. The molecule has 0 amide bonds. The fourth-order valence-corrected chi connectivity index (χ4v) is 2.56. The Bertz CT molecular complexity index is 574. The van der Waals surface area contributed by atoms with Crippen molar-refractivity contribution in [3.05, 3.63) is 29.6 Å². The maximum absolute atomic E-state index is 13.5. The Labute approximate surface area is 135 Å². The van der Waals surface area contributed by atoms with Crippen LogP contribution in [0.5, 0.6) is 5.75 Å². The van der Waals surface area contributed by atoms with Gasteiger partial charge in [-0.25, -0.2) is 9.18 Å². The van der Waals surface area contributed by atoms with Crippen LogP contribution in [0, 0.1) is 5.82 Å². The number of ether oxygens (including phenoxy) is 1. The first-order chi connectivity index (χ1) is 10.8. The first-order valence-electron chi connectivity index (χ1n) is 7.68. The molecule has 2 rings (SSSR count). The SMILES string of the molecule is CC(C)(C)c1cc(F)ccc1OC1CCN(OC(=O)C=O)CC1. The first kappa shape index (κ1) is 17.4. The molecule has 0 bridgehead atoms. The summed E-state index contributed by atoms with van der Waals surface area (Å²) in [6, 6.07) is 4.57. The fourth-order valence-electron chi connectivity index (χ4n) is 2.56. The van der Waals surface area contributed by atoms with E-state index in [9.17, 15) is 14.0 Å². The van der Waals surface area contributed by atoms with Gasteiger partial charge in [-0.15, -0.1) is 5.06 Å². The van der Waals surface area contributed by atoms with Gasteiger partial charge in [0.05, 0.1) is 0 Å². The van der Waals surface area contributed by atoms with Crippen molar-refractivity contribution in [3.8, 4) is 5.75 Å². The van der Waals surface area contributed by atoms with E-state index in [1.54, 1.807) is 6.07 Å². The van der Waals surface area contributed by atoms with Crippen LogP contribution in [0.3, 0.4) is 0 Å². The number of aldehydes is 1. The summed E-state index contributed by atoms with van der Waals surface area (Å²) in [5.74, 6) is -0.488. The first-order valence-corrected chi connectivity index (χ1v) is 7.68. The molecule has 0 aliphatic carbocycles. The Morgan fingerprint density at radius 2 is 1.96 bits per heavy atom. The molecule has 0 spiro atoms. The van der Waals surface area contributed by atoms with Gasteiger partial charge >= 0.3 is 5.97 Å². The molecule has 1 aliphatic heterocycles. The second-order valence-electron chi connectivity index (χ2n) is 6.66. The molecule has 0 unspecified atom stereocenters. The predicted molar refractivity (Wildman–Crippen MR) is 82.5 cm³/mol. The summed E-state index contributed by atoms with van der Waals surface area (Å²) in [5.41, 5.74) is 0.602. The zero-order valence-electron chi connectivity index (χ0n) is 13.7. The van der Waals surface area contributed by atoms with Crippen molar-refractivity contribution in [1.82, 2.24) is 5.06 Å². The summed E-state index contributed by atoms with van der Waals surface area (Å²) in [5, 5.41) is 1.46. The van der Waals surface area contributed by atoms with E-state index < -0.39 is 5.97 Å². The van der Waals surface area contributed by atoms with Crippen LogP contribution in [0.4, 0.5) is 4.39 Å². The average molecular weight is 323 g/mol. The third-order valence-electron chi connectivity index (χ3n) is 3.76. The molecule has 1 fully saturated rings. The van der Waals surface area contributed by atoms with Gasteiger partial charge in [0.15, 0.2) is 0 Å². The van der Waals surface area contributed by atoms with E-state index >= 15 is 0 Å². The predicted octanol–water partition coefficient (Wildman–Crippen LogP) is 2.62. The van der Waals surface area contributed by atoms with Crippen molar-refractivity contribution in [2.75, 3.05) is 13.1 Å². The molecule has 0 aromatic heterocycles. The Balaban J connectivity index is 1.99. The molecule has 1 aliphatic rings. The molecule has 0 N–H and O–H groups in total. The monoisotopic (exact) mass is 323 g/mol. The number of nitrogens with zero attached hydrogens (tertiary/aromatic N) is 1. The van der Waals surface area contributed by atoms with E-state index in [1.165, 1.54) is 17.2 Å². The molecule has 1 aromatic carbocycles. The lowest BCUT2D eigenvalue weighted by Gasteiger charge is -2.32. The van der Waals surface area contributed by atoms with E-state index in [0.29, 0.717) is 31.7 Å². The fraction of sp³-hybridized carbons (Fsp3) is 0.529. The minimum absolute atomic E-state index is 0.0345. The maximum atomic E-state index is 13.5. The van der Waals surface area contributed by atoms with Gasteiger partial charge < -0.3 is 9.57 Å². The zero-order chi connectivity index (χ0) is 17.0. The van der Waals surface area contributed by atoms with Crippen LogP contribution in [-0.2, 0) is 19.8 Å². The van der Waals surface area contributed by atoms with Crippen LogP contribution in [0.15, 0.2) is 18.2 Å². The van der Waals surface area contributed by atoms with Crippen molar-refractivity contribution in [3.63, 3.8) is 0 Å². The highest BCUT2D eigenvalue weighted by Gasteiger charge is 2.26. The third-order valence-corrected chi connectivity index (χ3v) is 3.76. The van der Waals surface area contributed by atoms with E-state index in [2.05, 4.69) is 0 Å². The van der Waals surface area contributed by atoms with Gasteiger partial charge in [0.25, 0.3) is 0 Å². The second-order valence-corrected chi connectivity index (χ2v) is 6.66. The lowest BCUT2D eigenvalue weighted by atomic mass is 9.86. The number of carbonyl (C=O) groups excluding carboxylic acids is 2. The normalized spacial score (nSPS) is 16.9. The molecule has 0 atom stereocenters. The molecule has 6 heteroatoms. The van der Waals surface area contributed by atoms with E-state index in [-0.39, 0.29) is 23.6 Å². The van der Waals surface area contributed by atoms with E-state index in [1.807, 2.05) is 20.8 Å². The standard InChI is InChI=1S/C17H22FNO4/c1-17(2,3)14-10-12(18)4-5-15(14)22-13-6-8-19(9-7-13)23-16(21)11-20/h4-5,10-11,13H,6-9H2,1-3H3. The van der Waals surface area contributed by atoms with Crippen LogP contribution in [0.25, 0.3) is 0 Å². The van der Waals surface area contributed by atoms with Gasteiger partial charge in [-0.2, -0.15) is 0 Å². The molecule has 126 valence electrons. The molecule has 1 heterocycles. The van der Waals surface area contributed by atoms with Crippen molar-refractivity contribution in [2.45, 2.75) is 45.1 Å². The number of halogens is 1. The van der Waals surface area contributed by atoms with Crippen molar-refractivity contribution >= 4 is 12.3 Å². The Kier molecular flexibility index (Phi) is 5.36. The van der Waals surface area contributed by atoms with Crippen LogP contribution >= 0.6 is 0 Å². The average Bonchev–Trinajstić information content (AvgIpc) is 2.50. The molecule has 5 nitrogen and oxygen atoms in total. The summed E-state index contributed by atoms with van der Waals surface area (Å²) in [7, 11) is 0. The third kappa shape index (κ3) is 4.76. The van der Waals surface area contributed by atoms with Gasteiger partial charge in [-0.3, -0.25) is 4.79 Å². The number of rotatable bonds is 4. The summed E-state index contributed by atoms with van der Waals surface area (Å²) in [6.07, 6.45) is 1.43. The highest BCUT2D eigenvalue weighted by atomic mass is 19.1. The largest absolute Gasteiger partial charge is 0.490 e. The number of hydrogen-bond donors (Lipinski definition) is 0. The van der Waals surface area contributed by atoms with Crippen LogP contribution < -0.4 is 4.74 Å². The molecule has 1 saturated heterocycles. The molecular formula is C17H22FNO4. The number of benzene rings is 1. The molecular weight excluding hydrogens is 301 g/mol. The van der Waals surface area contributed by atoms with Gasteiger partial charge in [0.1, 0.15) is 17.7 Å². The Morgan fingerprint density at radius 1 is 1.30 bits per heavy atom.